The monoisotopic (exact) mass is 470 g/mol. The summed E-state index contributed by atoms with van der Waals surface area (Å²) >= 11 is 0. The Bertz CT molecular complexity index is 889. The Hall–Kier alpha value is -1.71. The Morgan fingerprint density at radius 1 is 1.19 bits per heavy atom. The molecule has 182 valence electrons. The van der Waals surface area contributed by atoms with E-state index in [1.807, 2.05) is 13.0 Å². The third kappa shape index (κ3) is 6.89. The van der Waals surface area contributed by atoms with Crippen molar-refractivity contribution in [2.45, 2.75) is 84.1 Å². The third-order valence-electron chi connectivity index (χ3n) is 5.67. The number of piperazine rings is 1. The highest BCUT2D eigenvalue weighted by molar-refractivity contribution is 7.90. The number of nitrogens with one attached hydrogen (secondary N) is 3. The summed E-state index contributed by atoms with van der Waals surface area (Å²) in [6.07, 6.45) is 1.78. The summed E-state index contributed by atoms with van der Waals surface area (Å²) in [6, 6.07) is 4.16. The predicted molar refractivity (Wildman–Crippen MR) is 129 cm³/mol. The van der Waals surface area contributed by atoms with Crippen LogP contribution in [0.5, 0.6) is 0 Å². The van der Waals surface area contributed by atoms with Crippen LogP contribution in [-0.2, 0) is 21.2 Å². The molecule has 9 heteroatoms. The zero-order valence-corrected chi connectivity index (χ0v) is 21.0. The van der Waals surface area contributed by atoms with Crippen molar-refractivity contribution in [1.82, 2.24) is 10.0 Å². The average molecular weight is 471 g/mol. The fraction of sp³-hybridized carbons (Fsp3) is 0.696. The van der Waals surface area contributed by atoms with Gasteiger partial charge in [0.15, 0.2) is 5.82 Å². The van der Waals surface area contributed by atoms with Crippen molar-refractivity contribution in [1.29, 1.82) is 0 Å². The second-order valence-corrected chi connectivity index (χ2v) is 12.2. The van der Waals surface area contributed by atoms with Gasteiger partial charge in [0.05, 0.1) is 10.4 Å². The van der Waals surface area contributed by atoms with Crippen molar-refractivity contribution < 1.29 is 17.6 Å². The lowest BCUT2D eigenvalue weighted by Crippen LogP contribution is -2.54. The normalized spacial score (nSPS) is 19.8. The zero-order chi connectivity index (χ0) is 24.1. The van der Waals surface area contributed by atoms with Gasteiger partial charge in [-0.05, 0) is 66.0 Å². The summed E-state index contributed by atoms with van der Waals surface area (Å²) in [5.41, 5.74) is 1.69. The summed E-state index contributed by atoms with van der Waals surface area (Å²) in [7, 11) is -3.39. The molecule has 2 atom stereocenters. The Kier molecular flexibility index (Phi) is 9.07. The van der Waals surface area contributed by atoms with Crippen LogP contribution in [0.2, 0.25) is 0 Å². The second-order valence-electron chi connectivity index (χ2n) is 9.67. The summed E-state index contributed by atoms with van der Waals surface area (Å²) in [5, 5.41) is 6.16. The van der Waals surface area contributed by atoms with Crippen molar-refractivity contribution in [2.24, 2.45) is 0 Å². The van der Waals surface area contributed by atoms with E-state index in [0.717, 1.165) is 18.8 Å². The molecule has 0 saturated carbocycles. The number of halogens is 1. The Labute approximate surface area is 192 Å². The van der Waals surface area contributed by atoms with Crippen molar-refractivity contribution in [3.63, 3.8) is 0 Å². The van der Waals surface area contributed by atoms with Crippen LogP contribution in [0.25, 0.3) is 0 Å². The Morgan fingerprint density at radius 3 is 2.38 bits per heavy atom. The lowest BCUT2D eigenvalue weighted by atomic mass is 10.0. The first-order chi connectivity index (χ1) is 14.9. The van der Waals surface area contributed by atoms with E-state index in [0.29, 0.717) is 36.9 Å². The van der Waals surface area contributed by atoms with Crippen LogP contribution in [0.1, 0.15) is 66.4 Å². The maximum atomic E-state index is 15.2. The summed E-state index contributed by atoms with van der Waals surface area (Å²) < 4.78 is 40.9. The van der Waals surface area contributed by atoms with Gasteiger partial charge < -0.3 is 15.5 Å². The number of carbonyl (C=O) groups is 1. The van der Waals surface area contributed by atoms with Crippen molar-refractivity contribution >= 4 is 27.3 Å². The maximum Gasteiger partial charge on any atom is 0.224 e. The van der Waals surface area contributed by atoms with Crippen LogP contribution < -0.4 is 20.3 Å². The highest BCUT2D eigenvalue weighted by Gasteiger charge is 2.28. The highest BCUT2D eigenvalue weighted by atomic mass is 32.2. The molecular formula is C23H39FN4O3S. The molecule has 0 bridgehead atoms. The van der Waals surface area contributed by atoms with E-state index in [2.05, 4.69) is 34.1 Å². The van der Waals surface area contributed by atoms with Gasteiger partial charge in [-0.25, -0.2) is 17.5 Å². The van der Waals surface area contributed by atoms with E-state index in [1.165, 1.54) is 0 Å². The molecule has 1 heterocycles. The molecule has 0 aliphatic carbocycles. The molecule has 32 heavy (non-hydrogen) atoms. The number of anilines is 2. The first-order valence-electron chi connectivity index (χ1n) is 11.5. The van der Waals surface area contributed by atoms with Gasteiger partial charge in [0, 0.05) is 49.4 Å². The van der Waals surface area contributed by atoms with Crippen molar-refractivity contribution in [3.05, 3.63) is 23.5 Å². The number of sulfonamides is 1. The molecule has 1 saturated heterocycles. The van der Waals surface area contributed by atoms with Gasteiger partial charge in [0.25, 0.3) is 0 Å². The van der Waals surface area contributed by atoms with Crippen molar-refractivity contribution in [2.75, 3.05) is 29.9 Å². The van der Waals surface area contributed by atoms with E-state index in [1.54, 1.807) is 26.8 Å². The number of carbonyl (C=O) groups excluding carboxylic acids is 1. The number of hydrogen-bond donors (Lipinski definition) is 3. The van der Waals surface area contributed by atoms with Gasteiger partial charge in [-0.15, -0.1) is 0 Å². The lowest BCUT2D eigenvalue weighted by Gasteiger charge is -2.38. The van der Waals surface area contributed by atoms with Crippen LogP contribution in [0.4, 0.5) is 15.8 Å². The molecule has 2 rings (SSSR count). The second kappa shape index (κ2) is 10.9. The molecule has 1 aromatic rings. The first-order valence-corrected chi connectivity index (χ1v) is 13.0. The SMILES string of the molecule is CCc1c(N2C[C@@H](C)N[C@@H](C)C2)ccc(NC(=O)CCCCNS(=O)(=O)C(C)(C)C)c1F. The fourth-order valence-electron chi connectivity index (χ4n) is 3.91. The van der Waals surface area contributed by atoms with Gasteiger partial charge in [0.2, 0.25) is 15.9 Å². The van der Waals surface area contributed by atoms with Crippen molar-refractivity contribution in [3.8, 4) is 0 Å². The molecule has 1 amide bonds. The number of unbranched alkanes of at least 4 members (excludes halogenated alkanes) is 1. The molecule has 0 spiro atoms. The molecule has 3 N–H and O–H groups in total. The molecule has 0 aromatic heterocycles. The topological polar surface area (TPSA) is 90.5 Å². The molecular weight excluding hydrogens is 431 g/mol. The van der Waals surface area contributed by atoms with Crippen LogP contribution >= 0.6 is 0 Å². The number of rotatable bonds is 9. The summed E-state index contributed by atoms with van der Waals surface area (Å²) in [4.78, 5) is 14.5. The lowest BCUT2D eigenvalue weighted by molar-refractivity contribution is -0.116. The third-order valence-corrected chi connectivity index (χ3v) is 7.87. The fourth-order valence-corrected chi connectivity index (χ4v) is 4.76. The minimum Gasteiger partial charge on any atom is -0.368 e. The average Bonchev–Trinajstić information content (AvgIpc) is 2.67. The molecule has 0 radical (unpaired) electrons. The molecule has 1 aliphatic heterocycles. The van der Waals surface area contributed by atoms with E-state index < -0.39 is 14.8 Å². The van der Waals surface area contributed by atoms with Crippen LogP contribution in [0.15, 0.2) is 12.1 Å². The smallest absolute Gasteiger partial charge is 0.224 e. The van der Waals surface area contributed by atoms with Crippen LogP contribution in [-0.4, -0.2) is 50.8 Å². The zero-order valence-electron chi connectivity index (χ0n) is 20.2. The van der Waals surface area contributed by atoms with Gasteiger partial charge in [-0.2, -0.15) is 0 Å². The largest absolute Gasteiger partial charge is 0.368 e. The standard InChI is InChI=1S/C23H39FN4O3S/c1-7-18-20(28-14-16(2)26-17(3)15-28)12-11-19(22(18)24)27-21(29)10-8-9-13-25-32(30,31)23(4,5)6/h11-12,16-17,25-26H,7-10,13-15H2,1-6H3,(H,27,29)/t16-,17+. The van der Waals surface area contributed by atoms with E-state index in [4.69, 9.17) is 0 Å². The van der Waals surface area contributed by atoms with Gasteiger partial charge in [-0.3, -0.25) is 4.79 Å². The van der Waals surface area contributed by atoms with Gasteiger partial charge >= 0.3 is 0 Å². The number of benzene rings is 1. The highest BCUT2D eigenvalue weighted by Crippen LogP contribution is 2.30. The molecule has 0 unspecified atom stereocenters. The number of hydrogen-bond acceptors (Lipinski definition) is 5. The molecule has 1 aliphatic rings. The van der Waals surface area contributed by atoms with Gasteiger partial charge in [-0.1, -0.05) is 6.92 Å². The number of nitrogens with zero attached hydrogens (tertiary/aromatic N) is 1. The molecule has 1 aromatic carbocycles. The number of amides is 1. The minimum absolute atomic E-state index is 0.195. The van der Waals surface area contributed by atoms with Gasteiger partial charge in [0.1, 0.15) is 0 Å². The summed E-state index contributed by atoms with van der Waals surface area (Å²) in [6.45, 7) is 13.0. The first kappa shape index (κ1) is 26.5. The maximum absolute atomic E-state index is 15.2. The summed E-state index contributed by atoms with van der Waals surface area (Å²) in [5.74, 6) is -0.656. The Morgan fingerprint density at radius 2 is 1.81 bits per heavy atom. The van der Waals surface area contributed by atoms with E-state index >= 15 is 4.39 Å². The van der Waals surface area contributed by atoms with Crippen LogP contribution in [0.3, 0.4) is 0 Å². The molecule has 1 fully saturated rings. The van der Waals surface area contributed by atoms with E-state index in [-0.39, 0.29) is 30.4 Å². The quantitative estimate of drug-likeness (QED) is 0.481. The minimum atomic E-state index is -3.39. The van der Waals surface area contributed by atoms with Crippen LogP contribution in [0, 0.1) is 5.82 Å². The molecule has 7 nitrogen and oxygen atoms in total. The predicted octanol–water partition coefficient (Wildman–Crippen LogP) is 3.40. The van der Waals surface area contributed by atoms with E-state index in [9.17, 15) is 13.2 Å². The Balaban J connectivity index is 1.93.